The van der Waals surface area contributed by atoms with Crippen LogP contribution in [-0.4, -0.2) is 50.5 Å². The van der Waals surface area contributed by atoms with Crippen molar-refractivity contribution in [3.05, 3.63) is 99.5 Å². The van der Waals surface area contributed by atoms with Crippen molar-refractivity contribution in [1.29, 1.82) is 0 Å². The van der Waals surface area contributed by atoms with Gasteiger partial charge in [-0.15, -0.1) is 0 Å². The molecule has 1 atom stereocenters. The molecule has 1 unspecified atom stereocenters. The number of likely N-dealkylation sites (N-methyl/N-ethyl adjacent to an activating group) is 1. The van der Waals surface area contributed by atoms with Crippen LogP contribution in [0.1, 0.15) is 36.0 Å². The molecule has 0 aromatic heterocycles. The van der Waals surface area contributed by atoms with Gasteiger partial charge >= 0.3 is 6.18 Å². The third-order valence-electron chi connectivity index (χ3n) is 6.53. The highest BCUT2D eigenvalue weighted by Gasteiger charge is 2.52. The molecule has 0 saturated carbocycles. The van der Waals surface area contributed by atoms with Crippen molar-refractivity contribution >= 4 is 23.2 Å². The average molecular weight is 554 g/mol. The standard InChI is InChI=1S/C29H32Cl2F3NO2/c1-28(36-3,29(32,33)34)20-37-26-16-6-21(7-17-26)5-4-18-35(2)19-27(22-8-12-24(30)13-9-22)23-10-14-25(31)15-11-23/h6-17,27H,4-5,18-20H2,1-3H3. The number of ether oxygens (including phenoxy) is 2. The summed E-state index contributed by atoms with van der Waals surface area (Å²) in [6.07, 6.45) is -2.75. The van der Waals surface area contributed by atoms with Gasteiger partial charge in [-0.1, -0.05) is 59.6 Å². The molecule has 8 heteroatoms. The minimum Gasteiger partial charge on any atom is -0.490 e. The van der Waals surface area contributed by atoms with Crippen molar-refractivity contribution in [3.8, 4) is 5.75 Å². The molecule has 0 fully saturated rings. The molecule has 0 radical (unpaired) electrons. The molecular weight excluding hydrogens is 522 g/mol. The highest BCUT2D eigenvalue weighted by atomic mass is 35.5. The first kappa shape index (κ1) is 29.3. The van der Waals surface area contributed by atoms with Gasteiger partial charge in [0.1, 0.15) is 12.4 Å². The number of rotatable bonds is 12. The number of aryl methyl sites for hydroxylation is 1. The van der Waals surface area contributed by atoms with Crippen molar-refractivity contribution in [2.45, 2.75) is 37.5 Å². The van der Waals surface area contributed by atoms with E-state index in [1.54, 1.807) is 12.1 Å². The Balaban J connectivity index is 1.54. The first-order valence-electron chi connectivity index (χ1n) is 12.0. The molecule has 3 nitrogen and oxygen atoms in total. The normalized spacial score (nSPS) is 13.7. The van der Waals surface area contributed by atoms with E-state index in [-0.39, 0.29) is 5.92 Å². The number of methoxy groups -OCH3 is 1. The van der Waals surface area contributed by atoms with Crippen molar-refractivity contribution < 1.29 is 22.6 Å². The molecule has 3 aromatic rings. The summed E-state index contributed by atoms with van der Waals surface area (Å²) in [6, 6.07) is 23.0. The zero-order chi connectivity index (χ0) is 27.1. The smallest absolute Gasteiger partial charge is 0.420 e. The van der Waals surface area contributed by atoms with E-state index in [0.29, 0.717) is 15.8 Å². The van der Waals surface area contributed by atoms with Gasteiger partial charge in [-0.25, -0.2) is 0 Å². The van der Waals surface area contributed by atoms with Crippen molar-refractivity contribution in [2.24, 2.45) is 0 Å². The quantitative estimate of drug-likeness (QED) is 0.226. The van der Waals surface area contributed by atoms with Gasteiger partial charge in [0.15, 0.2) is 5.60 Å². The fourth-order valence-electron chi connectivity index (χ4n) is 3.98. The van der Waals surface area contributed by atoms with Crippen LogP contribution in [0.25, 0.3) is 0 Å². The van der Waals surface area contributed by atoms with Crippen LogP contribution >= 0.6 is 23.2 Å². The van der Waals surface area contributed by atoms with E-state index in [1.165, 1.54) is 11.1 Å². The molecular formula is C29H32Cl2F3NO2. The van der Waals surface area contributed by atoms with Gasteiger partial charge in [-0.3, -0.25) is 0 Å². The Morgan fingerprint density at radius 1 is 0.838 bits per heavy atom. The summed E-state index contributed by atoms with van der Waals surface area (Å²) in [7, 11) is 3.13. The highest BCUT2D eigenvalue weighted by molar-refractivity contribution is 6.30. The first-order valence-corrected chi connectivity index (χ1v) is 12.8. The summed E-state index contributed by atoms with van der Waals surface area (Å²) in [5, 5.41) is 1.41. The predicted octanol–water partition coefficient (Wildman–Crippen LogP) is 8.04. The Hall–Kier alpha value is -2.25. The summed E-state index contributed by atoms with van der Waals surface area (Å²) in [5.41, 5.74) is 1.11. The van der Waals surface area contributed by atoms with Crippen LogP contribution in [0.15, 0.2) is 72.8 Å². The molecule has 0 spiro atoms. The average Bonchev–Trinajstić information content (AvgIpc) is 2.87. The van der Waals surface area contributed by atoms with Crippen LogP contribution in [-0.2, 0) is 11.2 Å². The zero-order valence-corrected chi connectivity index (χ0v) is 22.7. The second-order valence-corrected chi connectivity index (χ2v) is 10.3. The van der Waals surface area contributed by atoms with E-state index in [1.807, 2.05) is 36.4 Å². The van der Waals surface area contributed by atoms with Gasteiger partial charge in [0.2, 0.25) is 0 Å². The van der Waals surface area contributed by atoms with Crippen LogP contribution in [0.5, 0.6) is 5.75 Å². The molecule has 0 amide bonds. The van der Waals surface area contributed by atoms with Gasteiger partial charge in [-0.2, -0.15) is 13.2 Å². The largest absolute Gasteiger partial charge is 0.490 e. The van der Waals surface area contributed by atoms with E-state index in [4.69, 9.17) is 27.9 Å². The van der Waals surface area contributed by atoms with E-state index < -0.39 is 18.4 Å². The van der Waals surface area contributed by atoms with Gasteiger partial charge in [0.05, 0.1) is 0 Å². The molecule has 3 rings (SSSR count). The summed E-state index contributed by atoms with van der Waals surface area (Å²) < 4.78 is 49.5. The maximum atomic E-state index is 13.2. The molecule has 0 heterocycles. The third kappa shape index (κ3) is 8.37. The van der Waals surface area contributed by atoms with Crippen LogP contribution in [0, 0.1) is 0 Å². The lowest BCUT2D eigenvalue weighted by atomic mass is 9.91. The second-order valence-electron chi connectivity index (χ2n) is 9.39. The third-order valence-corrected chi connectivity index (χ3v) is 7.04. The zero-order valence-electron chi connectivity index (χ0n) is 21.2. The number of hydrogen-bond donors (Lipinski definition) is 0. The fourth-order valence-corrected chi connectivity index (χ4v) is 4.23. The lowest BCUT2D eigenvalue weighted by Crippen LogP contribution is -2.48. The minimum absolute atomic E-state index is 0.172. The molecule has 0 saturated heterocycles. The number of hydrogen-bond acceptors (Lipinski definition) is 3. The van der Waals surface area contributed by atoms with E-state index in [0.717, 1.165) is 45.5 Å². The van der Waals surface area contributed by atoms with Gasteiger partial charge in [0.25, 0.3) is 0 Å². The molecule has 3 aromatic carbocycles. The molecule has 0 aliphatic carbocycles. The molecule has 0 N–H and O–H groups in total. The van der Waals surface area contributed by atoms with Crippen molar-refractivity contribution in [3.63, 3.8) is 0 Å². The van der Waals surface area contributed by atoms with Crippen LogP contribution < -0.4 is 4.74 Å². The molecule has 200 valence electrons. The van der Waals surface area contributed by atoms with Crippen LogP contribution in [0.2, 0.25) is 10.0 Å². The maximum absolute atomic E-state index is 13.2. The Labute approximate surface area is 227 Å². The second kappa shape index (κ2) is 13.0. The monoisotopic (exact) mass is 553 g/mol. The van der Waals surface area contributed by atoms with Crippen molar-refractivity contribution in [2.75, 3.05) is 33.9 Å². The van der Waals surface area contributed by atoms with Crippen molar-refractivity contribution in [1.82, 2.24) is 4.90 Å². The highest BCUT2D eigenvalue weighted by Crippen LogP contribution is 2.33. The molecule has 0 aliphatic heterocycles. The fraction of sp³-hybridized carbons (Fsp3) is 0.379. The van der Waals surface area contributed by atoms with Gasteiger partial charge in [0, 0.05) is 29.6 Å². The maximum Gasteiger partial charge on any atom is 0.420 e. The van der Waals surface area contributed by atoms with E-state index in [2.05, 4.69) is 40.9 Å². The van der Waals surface area contributed by atoms with E-state index >= 15 is 0 Å². The minimum atomic E-state index is -4.52. The summed E-state index contributed by atoms with van der Waals surface area (Å²) in [5.74, 6) is 0.549. The lowest BCUT2D eigenvalue weighted by molar-refractivity contribution is -0.270. The van der Waals surface area contributed by atoms with Gasteiger partial charge in [-0.05, 0) is 86.4 Å². The number of alkyl halides is 3. The lowest BCUT2D eigenvalue weighted by Gasteiger charge is -2.30. The predicted molar refractivity (Wildman–Crippen MR) is 144 cm³/mol. The van der Waals surface area contributed by atoms with E-state index in [9.17, 15) is 13.2 Å². The number of nitrogens with zero attached hydrogens (tertiary/aromatic N) is 1. The number of halogens is 5. The Morgan fingerprint density at radius 3 is 1.81 bits per heavy atom. The molecule has 0 bridgehead atoms. The Morgan fingerprint density at radius 2 is 1.35 bits per heavy atom. The SMILES string of the molecule is COC(C)(COc1ccc(CCCN(C)CC(c2ccc(Cl)cc2)c2ccc(Cl)cc2)cc1)C(F)(F)F. The Kier molecular flexibility index (Phi) is 10.3. The van der Waals surface area contributed by atoms with Gasteiger partial charge < -0.3 is 14.4 Å². The summed E-state index contributed by atoms with van der Waals surface area (Å²) in [6.45, 7) is 2.07. The topological polar surface area (TPSA) is 21.7 Å². The summed E-state index contributed by atoms with van der Waals surface area (Å²) >= 11 is 12.2. The van der Waals surface area contributed by atoms with Crippen LogP contribution in [0.3, 0.4) is 0 Å². The number of benzene rings is 3. The molecule has 0 aliphatic rings. The summed E-state index contributed by atoms with van der Waals surface area (Å²) in [4.78, 5) is 2.30. The Bertz CT molecular complexity index is 1060. The van der Waals surface area contributed by atoms with Crippen LogP contribution in [0.4, 0.5) is 13.2 Å². The first-order chi connectivity index (χ1) is 17.5. The molecule has 37 heavy (non-hydrogen) atoms.